The number of amides is 1. The molecule has 2 heterocycles. The zero-order valence-electron chi connectivity index (χ0n) is 12.8. The van der Waals surface area contributed by atoms with Crippen LogP contribution < -0.4 is 5.32 Å². The highest BCUT2D eigenvalue weighted by Crippen LogP contribution is 2.31. The standard InChI is InChI=1S/C16H11ClF2N4OS/c1-20-16(24)11-7-14(25-9-5-6-13(17)21-8-9)23(22-11)12-4-2-3-10(18)15(12)19/h2-8H,1H3,(H,20,24). The highest BCUT2D eigenvalue weighted by Gasteiger charge is 2.19. The molecule has 25 heavy (non-hydrogen) atoms. The van der Waals surface area contributed by atoms with Gasteiger partial charge in [0, 0.05) is 24.2 Å². The third kappa shape index (κ3) is 3.64. The van der Waals surface area contributed by atoms with Crippen molar-refractivity contribution in [2.45, 2.75) is 9.92 Å². The minimum Gasteiger partial charge on any atom is -0.354 e. The fourth-order valence-electron chi connectivity index (χ4n) is 2.05. The molecule has 0 unspecified atom stereocenters. The van der Waals surface area contributed by atoms with Gasteiger partial charge in [-0.05, 0) is 24.3 Å². The zero-order chi connectivity index (χ0) is 18.0. The van der Waals surface area contributed by atoms with Gasteiger partial charge < -0.3 is 5.32 Å². The van der Waals surface area contributed by atoms with Gasteiger partial charge in [-0.2, -0.15) is 5.10 Å². The molecule has 0 aliphatic carbocycles. The molecule has 0 aliphatic heterocycles. The van der Waals surface area contributed by atoms with Gasteiger partial charge in [0.25, 0.3) is 5.91 Å². The Morgan fingerprint density at radius 2 is 2.08 bits per heavy atom. The van der Waals surface area contributed by atoms with Gasteiger partial charge in [0.1, 0.15) is 15.9 Å². The first-order chi connectivity index (χ1) is 12.0. The van der Waals surface area contributed by atoms with Crippen LogP contribution in [-0.4, -0.2) is 27.7 Å². The van der Waals surface area contributed by atoms with Gasteiger partial charge in [0.2, 0.25) is 0 Å². The van der Waals surface area contributed by atoms with E-state index in [1.807, 2.05) is 0 Å². The zero-order valence-corrected chi connectivity index (χ0v) is 14.4. The van der Waals surface area contributed by atoms with Crippen LogP contribution >= 0.6 is 23.4 Å². The van der Waals surface area contributed by atoms with Gasteiger partial charge in [-0.25, -0.2) is 18.4 Å². The van der Waals surface area contributed by atoms with Crippen molar-refractivity contribution in [1.29, 1.82) is 0 Å². The molecule has 3 aromatic rings. The van der Waals surface area contributed by atoms with Gasteiger partial charge in [0.05, 0.1) is 0 Å². The number of rotatable bonds is 4. The number of carbonyl (C=O) groups excluding carboxylic acids is 1. The van der Waals surface area contributed by atoms with Crippen LogP contribution in [0, 0.1) is 11.6 Å². The van der Waals surface area contributed by atoms with E-state index >= 15 is 0 Å². The topological polar surface area (TPSA) is 59.8 Å². The minimum absolute atomic E-state index is 0.0792. The summed E-state index contributed by atoms with van der Waals surface area (Å²) in [6.07, 6.45) is 1.53. The number of halogens is 3. The summed E-state index contributed by atoms with van der Waals surface area (Å²) in [5.41, 5.74) is -0.0184. The number of nitrogens with one attached hydrogen (secondary N) is 1. The third-order valence-electron chi connectivity index (χ3n) is 3.22. The Bertz CT molecular complexity index is 930. The van der Waals surface area contributed by atoms with E-state index in [2.05, 4.69) is 15.4 Å². The normalized spacial score (nSPS) is 10.7. The van der Waals surface area contributed by atoms with Crippen molar-refractivity contribution in [3.63, 3.8) is 0 Å². The minimum atomic E-state index is -1.05. The summed E-state index contributed by atoms with van der Waals surface area (Å²) in [6.45, 7) is 0. The number of aromatic nitrogens is 3. The maximum Gasteiger partial charge on any atom is 0.271 e. The van der Waals surface area contributed by atoms with Gasteiger partial charge in [-0.3, -0.25) is 4.79 Å². The van der Waals surface area contributed by atoms with Crippen molar-refractivity contribution in [3.05, 3.63) is 65.1 Å². The summed E-state index contributed by atoms with van der Waals surface area (Å²) < 4.78 is 28.9. The van der Waals surface area contributed by atoms with Crippen LogP contribution in [0.1, 0.15) is 10.5 Å². The molecule has 0 radical (unpaired) electrons. The highest BCUT2D eigenvalue weighted by molar-refractivity contribution is 7.99. The second kappa shape index (κ2) is 7.20. The summed E-state index contributed by atoms with van der Waals surface area (Å²) in [5.74, 6) is -2.49. The molecule has 9 heteroatoms. The lowest BCUT2D eigenvalue weighted by atomic mass is 10.3. The predicted molar refractivity (Wildman–Crippen MR) is 90.2 cm³/mol. The van der Waals surface area contributed by atoms with Gasteiger partial charge in [0.15, 0.2) is 17.3 Å². The van der Waals surface area contributed by atoms with Gasteiger partial charge in [-0.1, -0.05) is 29.4 Å². The van der Waals surface area contributed by atoms with Crippen molar-refractivity contribution in [2.24, 2.45) is 0 Å². The molecule has 1 aromatic carbocycles. The van der Waals surface area contributed by atoms with E-state index in [0.717, 1.165) is 6.07 Å². The molecule has 0 atom stereocenters. The maximum absolute atomic E-state index is 14.2. The summed E-state index contributed by atoms with van der Waals surface area (Å²) in [5, 5.41) is 7.30. The number of carbonyl (C=O) groups is 1. The van der Waals surface area contributed by atoms with Crippen molar-refractivity contribution in [3.8, 4) is 5.69 Å². The Kier molecular flexibility index (Phi) is 5.00. The predicted octanol–water partition coefficient (Wildman–Crippen LogP) is 3.71. The Morgan fingerprint density at radius 1 is 1.28 bits per heavy atom. The molecule has 2 aromatic heterocycles. The molecular weight excluding hydrogens is 370 g/mol. The van der Waals surface area contributed by atoms with E-state index in [-0.39, 0.29) is 11.4 Å². The summed E-state index contributed by atoms with van der Waals surface area (Å²) in [7, 11) is 1.46. The lowest BCUT2D eigenvalue weighted by Gasteiger charge is -2.08. The first-order valence-corrected chi connectivity index (χ1v) is 8.25. The molecule has 0 saturated carbocycles. The molecule has 0 aliphatic rings. The quantitative estimate of drug-likeness (QED) is 0.701. The largest absolute Gasteiger partial charge is 0.354 e. The Hall–Kier alpha value is -2.45. The fraction of sp³-hybridized carbons (Fsp3) is 0.0625. The monoisotopic (exact) mass is 380 g/mol. The molecule has 0 spiro atoms. The first-order valence-electron chi connectivity index (χ1n) is 7.05. The van der Waals surface area contributed by atoms with Gasteiger partial charge >= 0.3 is 0 Å². The maximum atomic E-state index is 14.2. The van der Waals surface area contributed by atoms with Crippen molar-refractivity contribution >= 4 is 29.3 Å². The van der Waals surface area contributed by atoms with Crippen molar-refractivity contribution in [1.82, 2.24) is 20.1 Å². The molecule has 128 valence electrons. The number of benzene rings is 1. The van der Waals surface area contributed by atoms with Crippen LogP contribution in [0.4, 0.5) is 8.78 Å². The lowest BCUT2D eigenvalue weighted by Crippen LogP contribution is -2.18. The molecule has 1 N–H and O–H groups in total. The number of hydrogen-bond donors (Lipinski definition) is 1. The van der Waals surface area contributed by atoms with Crippen LogP contribution in [0.15, 0.2) is 52.5 Å². The van der Waals surface area contributed by atoms with E-state index in [0.29, 0.717) is 15.1 Å². The Labute approximate surface area is 151 Å². The van der Waals surface area contributed by atoms with Crippen LogP contribution in [0.3, 0.4) is 0 Å². The van der Waals surface area contributed by atoms with Crippen LogP contribution in [0.25, 0.3) is 5.69 Å². The summed E-state index contributed by atoms with van der Waals surface area (Å²) in [6, 6.07) is 8.57. The summed E-state index contributed by atoms with van der Waals surface area (Å²) >= 11 is 6.95. The SMILES string of the molecule is CNC(=O)c1cc(Sc2ccc(Cl)nc2)n(-c2cccc(F)c2F)n1. The van der Waals surface area contributed by atoms with Crippen molar-refractivity contribution in [2.75, 3.05) is 7.05 Å². The average Bonchev–Trinajstić information content (AvgIpc) is 3.02. The fourth-order valence-corrected chi connectivity index (χ4v) is 3.04. The van der Waals surface area contributed by atoms with E-state index < -0.39 is 17.5 Å². The molecule has 0 bridgehead atoms. The molecule has 3 rings (SSSR count). The van der Waals surface area contributed by atoms with E-state index in [1.165, 1.54) is 47.9 Å². The molecule has 0 saturated heterocycles. The second-order valence-electron chi connectivity index (χ2n) is 4.85. The Balaban J connectivity index is 2.09. The molecule has 1 amide bonds. The summed E-state index contributed by atoms with van der Waals surface area (Å²) in [4.78, 5) is 16.5. The average molecular weight is 381 g/mol. The molecular formula is C16H11ClF2N4OS. The van der Waals surface area contributed by atoms with E-state index in [1.54, 1.807) is 12.1 Å². The smallest absolute Gasteiger partial charge is 0.271 e. The number of nitrogens with zero attached hydrogens (tertiary/aromatic N) is 3. The highest BCUT2D eigenvalue weighted by atomic mass is 35.5. The first kappa shape index (κ1) is 17.4. The van der Waals surface area contributed by atoms with Crippen LogP contribution in [0.5, 0.6) is 0 Å². The van der Waals surface area contributed by atoms with Gasteiger partial charge in [-0.15, -0.1) is 0 Å². The van der Waals surface area contributed by atoms with E-state index in [4.69, 9.17) is 11.6 Å². The third-order valence-corrected chi connectivity index (χ3v) is 4.42. The van der Waals surface area contributed by atoms with Crippen molar-refractivity contribution < 1.29 is 13.6 Å². The second-order valence-corrected chi connectivity index (χ2v) is 6.33. The molecule has 5 nitrogen and oxygen atoms in total. The van der Waals surface area contributed by atoms with E-state index in [9.17, 15) is 13.6 Å². The number of hydrogen-bond acceptors (Lipinski definition) is 4. The van der Waals surface area contributed by atoms with Crippen LogP contribution in [-0.2, 0) is 0 Å². The van der Waals surface area contributed by atoms with Crippen LogP contribution in [0.2, 0.25) is 5.15 Å². The lowest BCUT2D eigenvalue weighted by molar-refractivity contribution is 0.0957. The number of pyridine rings is 1. The molecule has 0 fully saturated rings. The Morgan fingerprint density at radius 3 is 2.76 bits per heavy atom.